The van der Waals surface area contributed by atoms with Crippen LogP contribution in [0.3, 0.4) is 0 Å². The van der Waals surface area contributed by atoms with Crippen LogP contribution in [0.5, 0.6) is 5.75 Å². The van der Waals surface area contributed by atoms with Crippen LogP contribution in [-0.2, 0) is 12.8 Å². The third-order valence-corrected chi connectivity index (χ3v) is 3.16. The van der Waals surface area contributed by atoms with E-state index >= 15 is 0 Å². The fraction of sp³-hybridized carbons (Fsp3) is 0.308. The molecule has 0 aromatic heterocycles. The van der Waals surface area contributed by atoms with Crippen LogP contribution >= 0.6 is 0 Å². The van der Waals surface area contributed by atoms with Gasteiger partial charge in [-0.15, -0.1) is 0 Å². The maximum Gasteiger partial charge on any atom is 0.123 e. The van der Waals surface area contributed by atoms with Crippen LogP contribution in [0.15, 0.2) is 18.2 Å². The molecule has 0 spiro atoms. The maximum atomic E-state index is 8.69. The van der Waals surface area contributed by atoms with E-state index in [2.05, 4.69) is 18.2 Å². The molecule has 2 heteroatoms. The smallest absolute Gasteiger partial charge is 0.123 e. The molecule has 1 aliphatic heterocycles. The fourth-order valence-electron chi connectivity index (χ4n) is 2.41. The number of ether oxygens (including phenoxy) is 1. The Labute approximate surface area is 88.8 Å². The molecule has 1 aliphatic carbocycles. The first-order valence-electron chi connectivity index (χ1n) is 5.26. The van der Waals surface area contributed by atoms with Crippen molar-refractivity contribution in [1.29, 1.82) is 5.26 Å². The van der Waals surface area contributed by atoms with Gasteiger partial charge in [0, 0.05) is 12.5 Å². The largest absolute Gasteiger partial charge is 0.493 e. The molecule has 1 aromatic carbocycles. The van der Waals surface area contributed by atoms with Gasteiger partial charge in [-0.25, -0.2) is 0 Å². The van der Waals surface area contributed by atoms with Crippen LogP contribution in [0.25, 0.3) is 5.57 Å². The lowest BCUT2D eigenvalue weighted by molar-refractivity contribution is 0.356. The van der Waals surface area contributed by atoms with Crippen molar-refractivity contribution in [1.82, 2.24) is 0 Å². The molecule has 0 unspecified atom stereocenters. The van der Waals surface area contributed by atoms with Gasteiger partial charge in [0.2, 0.25) is 0 Å². The van der Waals surface area contributed by atoms with Gasteiger partial charge >= 0.3 is 0 Å². The zero-order chi connectivity index (χ0) is 10.3. The number of aryl methyl sites for hydroxylation is 1. The second-order valence-electron chi connectivity index (χ2n) is 4.01. The molecule has 2 nitrogen and oxygen atoms in total. The summed E-state index contributed by atoms with van der Waals surface area (Å²) in [6.45, 7) is 0.801. The van der Waals surface area contributed by atoms with Gasteiger partial charge in [-0.3, -0.25) is 0 Å². The maximum absolute atomic E-state index is 8.69. The van der Waals surface area contributed by atoms with Gasteiger partial charge in [0.15, 0.2) is 0 Å². The van der Waals surface area contributed by atoms with E-state index < -0.39 is 0 Å². The van der Waals surface area contributed by atoms with Gasteiger partial charge in [-0.05, 0) is 41.2 Å². The Hall–Kier alpha value is -1.75. The van der Waals surface area contributed by atoms with E-state index in [1.165, 1.54) is 16.7 Å². The number of benzene rings is 1. The normalized spacial score (nSPS) is 19.5. The molecule has 15 heavy (non-hydrogen) atoms. The molecule has 2 aliphatic rings. The zero-order valence-electron chi connectivity index (χ0n) is 8.42. The lowest BCUT2D eigenvalue weighted by Gasteiger charge is -2.04. The van der Waals surface area contributed by atoms with E-state index in [0.29, 0.717) is 0 Å². The van der Waals surface area contributed by atoms with E-state index in [1.54, 1.807) is 6.08 Å². The average molecular weight is 197 g/mol. The number of hydrogen-bond acceptors (Lipinski definition) is 2. The van der Waals surface area contributed by atoms with Gasteiger partial charge in [0.1, 0.15) is 5.75 Å². The van der Waals surface area contributed by atoms with Crippen molar-refractivity contribution >= 4 is 5.57 Å². The number of allylic oxidation sites excluding steroid dienone is 2. The van der Waals surface area contributed by atoms with Crippen molar-refractivity contribution in [3.8, 4) is 11.8 Å². The van der Waals surface area contributed by atoms with Gasteiger partial charge in [0.05, 0.1) is 12.7 Å². The zero-order valence-corrected chi connectivity index (χ0v) is 8.42. The Morgan fingerprint density at radius 1 is 1.20 bits per heavy atom. The number of nitriles is 1. The Balaban J connectivity index is 2.15. The van der Waals surface area contributed by atoms with E-state index in [4.69, 9.17) is 10.00 Å². The fourth-order valence-corrected chi connectivity index (χ4v) is 2.41. The third-order valence-electron chi connectivity index (χ3n) is 3.16. The average Bonchev–Trinajstić information content (AvgIpc) is 2.82. The summed E-state index contributed by atoms with van der Waals surface area (Å²) in [7, 11) is 0. The molecule has 74 valence electrons. The number of nitrogens with zero attached hydrogens (tertiary/aromatic N) is 1. The summed E-state index contributed by atoms with van der Waals surface area (Å²) in [5.41, 5.74) is 5.08. The topological polar surface area (TPSA) is 33.0 Å². The minimum atomic E-state index is 0.801. The molecule has 1 heterocycles. The highest BCUT2D eigenvalue weighted by Gasteiger charge is 2.21. The second kappa shape index (κ2) is 3.13. The SMILES string of the molecule is N#CC=C1CCc2cc3c(cc21)OCC3. The Bertz CT molecular complexity index is 494. The van der Waals surface area contributed by atoms with Crippen LogP contribution in [0, 0.1) is 11.3 Å². The summed E-state index contributed by atoms with van der Waals surface area (Å²) >= 11 is 0. The van der Waals surface area contributed by atoms with Crippen LogP contribution in [-0.4, -0.2) is 6.61 Å². The molecule has 0 fully saturated rings. The van der Waals surface area contributed by atoms with Crippen molar-refractivity contribution in [3.63, 3.8) is 0 Å². The Morgan fingerprint density at radius 2 is 2.13 bits per heavy atom. The van der Waals surface area contributed by atoms with E-state index in [-0.39, 0.29) is 0 Å². The van der Waals surface area contributed by atoms with Crippen molar-refractivity contribution in [2.75, 3.05) is 6.61 Å². The molecular weight excluding hydrogens is 186 g/mol. The first-order valence-corrected chi connectivity index (χ1v) is 5.26. The molecule has 0 amide bonds. The van der Waals surface area contributed by atoms with Gasteiger partial charge in [-0.2, -0.15) is 5.26 Å². The quantitative estimate of drug-likeness (QED) is 0.598. The van der Waals surface area contributed by atoms with Crippen molar-refractivity contribution in [2.45, 2.75) is 19.3 Å². The van der Waals surface area contributed by atoms with Crippen LogP contribution < -0.4 is 4.74 Å². The number of hydrogen-bond donors (Lipinski definition) is 0. The third kappa shape index (κ3) is 1.24. The second-order valence-corrected chi connectivity index (χ2v) is 4.01. The highest BCUT2D eigenvalue weighted by molar-refractivity contribution is 5.75. The summed E-state index contributed by atoms with van der Waals surface area (Å²) in [6, 6.07) is 6.47. The van der Waals surface area contributed by atoms with Crippen molar-refractivity contribution < 1.29 is 4.74 Å². The summed E-state index contributed by atoms with van der Waals surface area (Å²) in [4.78, 5) is 0. The first-order chi connectivity index (χ1) is 7.38. The van der Waals surface area contributed by atoms with Crippen LogP contribution in [0.2, 0.25) is 0 Å². The lowest BCUT2D eigenvalue weighted by Crippen LogP contribution is -1.86. The summed E-state index contributed by atoms with van der Waals surface area (Å²) < 4.78 is 5.54. The molecule has 1 aromatic rings. The summed E-state index contributed by atoms with van der Waals surface area (Å²) in [5.74, 6) is 1.01. The van der Waals surface area contributed by atoms with Crippen LogP contribution in [0.4, 0.5) is 0 Å². The van der Waals surface area contributed by atoms with Crippen molar-refractivity contribution in [2.24, 2.45) is 0 Å². The predicted molar refractivity (Wildman–Crippen MR) is 57.6 cm³/mol. The molecule has 0 saturated carbocycles. The highest BCUT2D eigenvalue weighted by Crippen LogP contribution is 2.38. The number of fused-ring (bicyclic) bond motifs is 2. The Kier molecular flexibility index (Phi) is 1.78. The summed E-state index contributed by atoms with van der Waals surface area (Å²) in [6.07, 6.45) is 4.75. The molecular formula is C13H11NO. The minimum Gasteiger partial charge on any atom is -0.493 e. The van der Waals surface area contributed by atoms with E-state index in [1.807, 2.05) is 0 Å². The number of rotatable bonds is 0. The van der Waals surface area contributed by atoms with Gasteiger partial charge < -0.3 is 4.74 Å². The monoisotopic (exact) mass is 197 g/mol. The molecule has 3 rings (SSSR count). The summed E-state index contributed by atoms with van der Waals surface area (Å²) in [5, 5.41) is 8.69. The van der Waals surface area contributed by atoms with Gasteiger partial charge in [0.25, 0.3) is 0 Å². The molecule has 0 atom stereocenters. The first kappa shape index (κ1) is 8.55. The van der Waals surface area contributed by atoms with Gasteiger partial charge in [-0.1, -0.05) is 6.07 Å². The minimum absolute atomic E-state index is 0.801. The molecule has 0 radical (unpaired) electrons. The standard InChI is InChI=1S/C13H11NO/c14-5-3-9-1-2-10-7-11-4-6-15-13(11)8-12(9)10/h3,7-8H,1-2,4,6H2. The van der Waals surface area contributed by atoms with Crippen molar-refractivity contribution in [3.05, 3.63) is 34.9 Å². The molecule has 0 N–H and O–H groups in total. The highest BCUT2D eigenvalue weighted by atomic mass is 16.5. The molecule has 0 saturated heterocycles. The predicted octanol–water partition coefficient (Wildman–Crippen LogP) is 2.47. The van der Waals surface area contributed by atoms with E-state index in [9.17, 15) is 0 Å². The van der Waals surface area contributed by atoms with E-state index in [0.717, 1.165) is 37.2 Å². The van der Waals surface area contributed by atoms with Crippen LogP contribution in [0.1, 0.15) is 23.1 Å². The molecule has 0 bridgehead atoms. The Morgan fingerprint density at radius 3 is 3.00 bits per heavy atom. The lowest BCUT2D eigenvalue weighted by atomic mass is 10.0.